The zero-order valence-electron chi connectivity index (χ0n) is 11.4. The number of carbonyl (C=O) groups is 1. The van der Waals surface area contributed by atoms with Crippen LogP contribution in [0.15, 0.2) is 22.7 Å². The number of halogens is 1. The summed E-state index contributed by atoms with van der Waals surface area (Å²) < 4.78 is 1.04. The van der Waals surface area contributed by atoms with E-state index < -0.39 is 0 Å². The zero-order chi connectivity index (χ0) is 13.7. The predicted molar refractivity (Wildman–Crippen MR) is 79.8 cm³/mol. The maximum Gasteiger partial charge on any atom is 0.239 e. The van der Waals surface area contributed by atoms with Gasteiger partial charge in [-0.15, -0.1) is 0 Å². The van der Waals surface area contributed by atoms with E-state index in [1.54, 1.807) is 0 Å². The summed E-state index contributed by atoms with van der Waals surface area (Å²) in [5.74, 6) is 0.474. The topological polar surface area (TPSA) is 41.1 Å². The van der Waals surface area contributed by atoms with Gasteiger partial charge in [0.05, 0.1) is 6.54 Å². The number of hydrogen-bond acceptors (Lipinski definition) is 2. The lowest BCUT2D eigenvalue weighted by atomic mass is 10.1. The van der Waals surface area contributed by atoms with Crippen molar-refractivity contribution in [2.24, 2.45) is 5.92 Å². The second-order valence-electron chi connectivity index (χ2n) is 4.91. The van der Waals surface area contributed by atoms with Crippen LogP contribution in [0.3, 0.4) is 0 Å². The van der Waals surface area contributed by atoms with Crippen LogP contribution in [0.4, 0.5) is 5.69 Å². The fraction of sp³-hybridized carbons (Fsp3) is 0.500. The molecular formula is C14H21BrN2O. The van der Waals surface area contributed by atoms with Gasteiger partial charge in [0.2, 0.25) is 5.91 Å². The first-order valence-electron chi connectivity index (χ1n) is 6.19. The number of carbonyl (C=O) groups excluding carboxylic acids is 1. The van der Waals surface area contributed by atoms with E-state index in [1.165, 1.54) is 0 Å². The molecule has 0 aromatic heterocycles. The molecule has 0 saturated carbocycles. The Labute approximate surface area is 117 Å². The monoisotopic (exact) mass is 312 g/mol. The maximum atomic E-state index is 11.7. The van der Waals surface area contributed by atoms with Crippen molar-refractivity contribution in [3.8, 4) is 0 Å². The molecule has 0 fully saturated rings. The van der Waals surface area contributed by atoms with E-state index in [2.05, 4.69) is 40.4 Å². The molecule has 2 N–H and O–H groups in total. The summed E-state index contributed by atoms with van der Waals surface area (Å²) in [6.07, 6.45) is 0. The molecule has 1 rings (SSSR count). The highest BCUT2D eigenvalue weighted by atomic mass is 79.9. The van der Waals surface area contributed by atoms with Crippen molar-refractivity contribution in [1.29, 1.82) is 0 Å². The van der Waals surface area contributed by atoms with Gasteiger partial charge in [0.15, 0.2) is 0 Å². The minimum Gasteiger partial charge on any atom is -0.376 e. The molecule has 18 heavy (non-hydrogen) atoms. The number of aryl methyl sites for hydroxylation is 1. The second kappa shape index (κ2) is 6.78. The average molecular weight is 313 g/mol. The fourth-order valence-corrected chi connectivity index (χ4v) is 1.95. The van der Waals surface area contributed by atoms with Gasteiger partial charge in [-0.3, -0.25) is 4.79 Å². The summed E-state index contributed by atoms with van der Waals surface area (Å²) >= 11 is 3.42. The lowest BCUT2D eigenvalue weighted by Gasteiger charge is -2.18. The van der Waals surface area contributed by atoms with Crippen LogP contribution in [-0.4, -0.2) is 18.5 Å². The molecule has 0 radical (unpaired) electrons. The van der Waals surface area contributed by atoms with E-state index in [9.17, 15) is 4.79 Å². The SMILES string of the molecule is Cc1cc(Br)ccc1NCC(=O)NC(C)C(C)C. The van der Waals surface area contributed by atoms with E-state index >= 15 is 0 Å². The molecule has 0 aliphatic rings. The van der Waals surface area contributed by atoms with Crippen LogP contribution < -0.4 is 10.6 Å². The largest absolute Gasteiger partial charge is 0.376 e. The van der Waals surface area contributed by atoms with E-state index in [0.717, 1.165) is 15.7 Å². The van der Waals surface area contributed by atoms with Crippen molar-refractivity contribution >= 4 is 27.5 Å². The van der Waals surface area contributed by atoms with Gasteiger partial charge in [-0.1, -0.05) is 29.8 Å². The highest BCUT2D eigenvalue weighted by molar-refractivity contribution is 9.10. The Bertz CT molecular complexity index is 418. The predicted octanol–water partition coefficient (Wildman–Crippen LogP) is 3.33. The molecule has 0 saturated heterocycles. The lowest BCUT2D eigenvalue weighted by molar-refractivity contribution is -0.120. The highest BCUT2D eigenvalue weighted by Gasteiger charge is 2.10. The Hall–Kier alpha value is -1.03. The summed E-state index contributed by atoms with van der Waals surface area (Å²) in [6.45, 7) is 8.53. The smallest absolute Gasteiger partial charge is 0.239 e. The zero-order valence-corrected chi connectivity index (χ0v) is 13.0. The summed E-state index contributed by atoms with van der Waals surface area (Å²) in [5.41, 5.74) is 2.11. The van der Waals surface area contributed by atoms with E-state index in [4.69, 9.17) is 0 Å². The number of nitrogens with one attached hydrogen (secondary N) is 2. The van der Waals surface area contributed by atoms with Crippen molar-refractivity contribution in [2.75, 3.05) is 11.9 Å². The summed E-state index contributed by atoms with van der Waals surface area (Å²) in [7, 11) is 0. The molecule has 0 spiro atoms. The number of hydrogen-bond donors (Lipinski definition) is 2. The molecule has 4 heteroatoms. The number of anilines is 1. The third kappa shape index (κ3) is 4.69. The van der Waals surface area contributed by atoms with Crippen LogP contribution in [-0.2, 0) is 4.79 Å². The van der Waals surface area contributed by atoms with Crippen molar-refractivity contribution in [1.82, 2.24) is 5.32 Å². The van der Waals surface area contributed by atoms with E-state index in [-0.39, 0.29) is 11.9 Å². The van der Waals surface area contributed by atoms with Crippen molar-refractivity contribution in [3.05, 3.63) is 28.2 Å². The van der Waals surface area contributed by atoms with Crippen molar-refractivity contribution in [3.63, 3.8) is 0 Å². The average Bonchev–Trinajstić information content (AvgIpc) is 2.27. The van der Waals surface area contributed by atoms with Gasteiger partial charge < -0.3 is 10.6 Å². The first-order chi connectivity index (χ1) is 8.40. The van der Waals surface area contributed by atoms with Crippen LogP contribution in [0.1, 0.15) is 26.3 Å². The van der Waals surface area contributed by atoms with Crippen molar-refractivity contribution < 1.29 is 4.79 Å². The molecule has 1 unspecified atom stereocenters. The molecule has 1 aromatic carbocycles. The summed E-state index contributed by atoms with van der Waals surface area (Å²) in [5, 5.41) is 6.12. The van der Waals surface area contributed by atoms with Gasteiger partial charge in [-0.05, 0) is 43.5 Å². The Morgan fingerprint density at radius 1 is 1.33 bits per heavy atom. The third-order valence-electron chi connectivity index (χ3n) is 3.02. The van der Waals surface area contributed by atoms with Crippen LogP contribution in [0, 0.1) is 12.8 Å². The second-order valence-corrected chi connectivity index (χ2v) is 5.83. The molecule has 0 aliphatic heterocycles. The number of amides is 1. The Morgan fingerprint density at radius 2 is 2.00 bits per heavy atom. The highest BCUT2D eigenvalue weighted by Crippen LogP contribution is 2.19. The van der Waals surface area contributed by atoms with Crippen LogP contribution in [0.2, 0.25) is 0 Å². The molecule has 1 aromatic rings. The van der Waals surface area contributed by atoms with Crippen LogP contribution in [0.25, 0.3) is 0 Å². The van der Waals surface area contributed by atoms with Crippen molar-refractivity contribution in [2.45, 2.75) is 33.7 Å². The van der Waals surface area contributed by atoms with Crippen LogP contribution >= 0.6 is 15.9 Å². The standard InChI is InChI=1S/C14H21BrN2O/c1-9(2)11(4)17-14(18)8-16-13-6-5-12(15)7-10(13)3/h5-7,9,11,16H,8H2,1-4H3,(H,17,18). The molecule has 0 heterocycles. The summed E-state index contributed by atoms with van der Waals surface area (Å²) in [4.78, 5) is 11.7. The molecule has 1 atom stereocenters. The van der Waals surface area contributed by atoms with E-state index in [0.29, 0.717) is 12.5 Å². The molecule has 1 amide bonds. The quantitative estimate of drug-likeness (QED) is 0.875. The first kappa shape index (κ1) is 15.0. The first-order valence-corrected chi connectivity index (χ1v) is 6.99. The molecule has 0 aliphatic carbocycles. The molecule has 0 bridgehead atoms. The minimum absolute atomic E-state index is 0.0264. The van der Waals surface area contributed by atoms with Gasteiger partial charge in [-0.25, -0.2) is 0 Å². The van der Waals surface area contributed by atoms with Crippen LogP contribution in [0.5, 0.6) is 0 Å². The van der Waals surface area contributed by atoms with E-state index in [1.807, 2.05) is 32.0 Å². The Balaban J connectivity index is 2.47. The van der Waals surface area contributed by atoms with Gasteiger partial charge in [0.1, 0.15) is 0 Å². The van der Waals surface area contributed by atoms with Gasteiger partial charge in [-0.2, -0.15) is 0 Å². The maximum absolute atomic E-state index is 11.7. The van der Waals surface area contributed by atoms with Gasteiger partial charge in [0.25, 0.3) is 0 Å². The molecular weight excluding hydrogens is 292 g/mol. The minimum atomic E-state index is 0.0264. The normalized spacial score (nSPS) is 12.3. The third-order valence-corrected chi connectivity index (χ3v) is 3.51. The number of rotatable bonds is 5. The van der Waals surface area contributed by atoms with Gasteiger partial charge in [0, 0.05) is 16.2 Å². The molecule has 100 valence electrons. The summed E-state index contributed by atoms with van der Waals surface area (Å²) in [6, 6.07) is 6.16. The number of benzene rings is 1. The Kier molecular flexibility index (Phi) is 5.66. The Morgan fingerprint density at radius 3 is 2.56 bits per heavy atom. The molecule has 3 nitrogen and oxygen atoms in total. The fourth-order valence-electron chi connectivity index (χ4n) is 1.47. The lowest BCUT2D eigenvalue weighted by Crippen LogP contribution is -2.39. The van der Waals surface area contributed by atoms with Gasteiger partial charge >= 0.3 is 0 Å².